The minimum absolute atomic E-state index is 0.125. The number of carbonyl (C=O) groups is 2. The van der Waals surface area contributed by atoms with Crippen LogP contribution in [0.15, 0.2) is 35.7 Å². The SMILES string of the molecule is COc1ccc2c(OC3C[C@H]4C(=O)N[C@]5(C(O)NS(=O)(=O)C6CC6)C[C@H]5/C=C\CCCCCCC(=O)N4C3)cc(-c3nc(C(C)C)cs3)nc2c1C. The maximum atomic E-state index is 14.3. The summed E-state index contributed by atoms with van der Waals surface area (Å²) >= 11 is 1.52. The quantitative estimate of drug-likeness (QED) is 0.194. The Balaban J connectivity index is 1.19. The lowest BCUT2D eigenvalue weighted by molar-refractivity contribution is -0.139. The second-order valence-corrected chi connectivity index (χ2v) is 17.9. The lowest BCUT2D eigenvalue weighted by atomic mass is 10.1. The first-order valence-electron chi connectivity index (χ1n) is 18.5. The van der Waals surface area contributed by atoms with E-state index in [-0.39, 0.29) is 30.7 Å². The Morgan fingerprint density at radius 2 is 1.90 bits per heavy atom. The number of carbonyl (C=O) groups excluding carboxylic acids is 2. The standard InChI is InChI=1S/C38H49N5O7S2/c1-22(2)29-21-51-36(40-29)28-18-32(27-15-16-31(49-4)23(3)34(27)39-28)50-25-17-30-35(45)41-38(37(46)42-52(47,48)26-13-14-26)19-24(38)11-9-7-5-6-8-10-12-33(44)43(30)20-25/h9,11,15-16,18,21-22,24-26,30,37,42,46H,5-8,10,12-14,17,19-20H2,1-4H3,(H,41,45)/b11-9-/t24-,25?,30+,37?,38-/m1/s1. The van der Waals surface area contributed by atoms with Gasteiger partial charge in [-0.05, 0) is 63.5 Å². The lowest BCUT2D eigenvalue weighted by Gasteiger charge is -2.29. The number of aryl methyl sites for hydroxylation is 1. The number of benzene rings is 1. The number of pyridine rings is 1. The molecule has 280 valence electrons. The Bertz CT molecular complexity index is 1980. The van der Waals surface area contributed by atoms with Gasteiger partial charge in [-0.3, -0.25) is 9.59 Å². The number of aliphatic hydroxyl groups is 1. The molecule has 2 aromatic heterocycles. The predicted octanol–water partition coefficient (Wildman–Crippen LogP) is 5.33. The van der Waals surface area contributed by atoms with Crippen molar-refractivity contribution in [1.29, 1.82) is 0 Å². The van der Waals surface area contributed by atoms with E-state index < -0.39 is 45.1 Å². The van der Waals surface area contributed by atoms with Crippen LogP contribution in [0.5, 0.6) is 11.5 Å². The molecule has 0 spiro atoms. The third kappa shape index (κ3) is 7.44. The maximum absolute atomic E-state index is 14.3. The van der Waals surface area contributed by atoms with Crippen molar-refractivity contribution < 1.29 is 32.6 Å². The first-order chi connectivity index (χ1) is 24.9. The number of ether oxygens (including phenoxy) is 2. The number of aromatic nitrogens is 2. The monoisotopic (exact) mass is 751 g/mol. The van der Waals surface area contributed by atoms with Crippen LogP contribution in [0.25, 0.3) is 21.6 Å². The topological polar surface area (TPSA) is 160 Å². The van der Waals surface area contributed by atoms with Crippen molar-refractivity contribution in [3.63, 3.8) is 0 Å². The van der Waals surface area contributed by atoms with Gasteiger partial charge in [0.25, 0.3) is 0 Å². The number of allylic oxidation sites excluding steroid dienone is 1. The minimum Gasteiger partial charge on any atom is -0.496 e. The molecule has 3 fully saturated rings. The first-order valence-corrected chi connectivity index (χ1v) is 20.9. The maximum Gasteiger partial charge on any atom is 0.243 e. The molecule has 14 heteroatoms. The fourth-order valence-corrected chi connectivity index (χ4v) is 9.89. The van der Waals surface area contributed by atoms with E-state index in [9.17, 15) is 23.1 Å². The second-order valence-electron chi connectivity index (χ2n) is 15.1. The van der Waals surface area contributed by atoms with Crippen LogP contribution in [0, 0.1) is 12.8 Å². The molecule has 12 nitrogen and oxygen atoms in total. The molecular weight excluding hydrogens is 703 g/mol. The van der Waals surface area contributed by atoms with Crippen molar-refractivity contribution >= 4 is 44.1 Å². The number of methoxy groups -OCH3 is 1. The van der Waals surface area contributed by atoms with Gasteiger partial charge in [-0.25, -0.2) is 18.4 Å². The molecule has 1 saturated heterocycles. The molecule has 52 heavy (non-hydrogen) atoms. The zero-order valence-corrected chi connectivity index (χ0v) is 31.9. The summed E-state index contributed by atoms with van der Waals surface area (Å²) in [5, 5.41) is 17.4. The number of amides is 2. The van der Waals surface area contributed by atoms with E-state index in [0.29, 0.717) is 48.4 Å². The molecule has 4 heterocycles. The van der Waals surface area contributed by atoms with E-state index in [0.717, 1.165) is 53.8 Å². The largest absolute Gasteiger partial charge is 0.496 e. The summed E-state index contributed by atoms with van der Waals surface area (Å²) in [6.07, 6.45) is 8.43. The zero-order chi connectivity index (χ0) is 36.8. The van der Waals surface area contributed by atoms with E-state index in [1.807, 2.05) is 36.6 Å². The van der Waals surface area contributed by atoms with E-state index >= 15 is 0 Å². The summed E-state index contributed by atoms with van der Waals surface area (Å²) in [7, 11) is -2.11. The Labute approximate surface area is 309 Å². The normalized spacial score (nSPS) is 27.0. The van der Waals surface area contributed by atoms with Crippen LogP contribution in [0.2, 0.25) is 0 Å². The zero-order valence-electron chi connectivity index (χ0n) is 30.3. The summed E-state index contributed by atoms with van der Waals surface area (Å²) in [5.41, 5.74) is 2.00. The van der Waals surface area contributed by atoms with Crippen molar-refractivity contribution in [2.45, 2.75) is 120 Å². The van der Waals surface area contributed by atoms with Crippen LogP contribution in [-0.2, 0) is 19.6 Å². The number of hydrogen-bond acceptors (Lipinski definition) is 10. The van der Waals surface area contributed by atoms with Crippen molar-refractivity contribution in [1.82, 2.24) is 24.9 Å². The third-order valence-corrected chi connectivity index (χ3v) is 13.7. The molecule has 0 radical (unpaired) electrons. The first kappa shape index (κ1) is 36.8. The smallest absolute Gasteiger partial charge is 0.243 e. The van der Waals surface area contributed by atoms with Gasteiger partial charge in [-0.1, -0.05) is 38.8 Å². The van der Waals surface area contributed by atoms with Gasteiger partial charge in [0.1, 0.15) is 40.6 Å². The average molecular weight is 752 g/mol. The third-order valence-electron chi connectivity index (χ3n) is 10.9. The molecule has 2 saturated carbocycles. The van der Waals surface area contributed by atoms with Gasteiger partial charge in [0.2, 0.25) is 21.8 Å². The van der Waals surface area contributed by atoms with Crippen LogP contribution in [-0.4, -0.2) is 83.0 Å². The molecule has 0 bridgehead atoms. The summed E-state index contributed by atoms with van der Waals surface area (Å²) in [6.45, 7) is 6.35. The van der Waals surface area contributed by atoms with Gasteiger partial charge in [-0.2, -0.15) is 4.72 Å². The van der Waals surface area contributed by atoms with Gasteiger partial charge < -0.3 is 24.8 Å². The van der Waals surface area contributed by atoms with Crippen LogP contribution in [0.3, 0.4) is 0 Å². The van der Waals surface area contributed by atoms with Crippen molar-refractivity contribution in [3.05, 3.63) is 47.0 Å². The summed E-state index contributed by atoms with van der Waals surface area (Å²) in [5.74, 6) is 0.723. The van der Waals surface area contributed by atoms with Crippen LogP contribution >= 0.6 is 11.3 Å². The molecule has 7 rings (SSSR count). The number of hydrogen-bond donors (Lipinski definition) is 3. The number of thiazole rings is 1. The molecule has 3 aromatic rings. The highest BCUT2D eigenvalue weighted by Crippen LogP contribution is 2.48. The van der Waals surface area contributed by atoms with Crippen LogP contribution in [0.4, 0.5) is 0 Å². The van der Waals surface area contributed by atoms with Crippen molar-refractivity contribution in [2.24, 2.45) is 5.92 Å². The molecule has 2 unspecified atom stereocenters. The van der Waals surface area contributed by atoms with Gasteiger partial charge >= 0.3 is 0 Å². The highest BCUT2D eigenvalue weighted by molar-refractivity contribution is 7.90. The lowest BCUT2D eigenvalue weighted by Crippen LogP contribution is -2.58. The predicted molar refractivity (Wildman–Crippen MR) is 200 cm³/mol. The Hall–Kier alpha value is -3.59. The highest BCUT2D eigenvalue weighted by atomic mass is 32.2. The number of rotatable bonds is 9. The molecule has 4 aliphatic rings. The Morgan fingerprint density at radius 1 is 1.12 bits per heavy atom. The van der Waals surface area contributed by atoms with Crippen LogP contribution < -0.4 is 19.5 Å². The van der Waals surface area contributed by atoms with Gasteiger partial charge in [-0.15, -0.1) is 11.3 Å². The number of aliphatic hydroxyl groups excluding tert-OH is 1. The van der Waals surface area contributed by atoms with Crippen molar-refractivity contribution in [3.8, 4) is 22.2 Å². The van der Waals surface area contributed by atoms with E-state index in [4.69, 9.17) is 19.4 Å². The molecule has 2 amide bonds. The fourth-order valence-electron chi connectivity index (χ4n) is 7.48. The second kappa shape index (κ2) is 14.7. The summed E-state index contributed by atoms with van der Waals surface area (Å²) in [6, 6.07) is 4.81. The Morgan fingerprint density at radius 3 is 2.63 bits per heavy atom. The molecule has 2 aliphatic carbocycles. The average Bonchev–Trinajstić information content (AvgIpc) is 3.98. The minimum atomic E-state index is -3.73. The molecular formula is C38H49N5O7S2. The summed E-state index contributed by atoms with van der Waals surface area (Å²) < 4.78 is 40.5. The number of fused-ring (bicyclic) bond motifs is 3. The van der Waals surface area contributed by atoms with Crippen molar-refractivity contribution in [2.75, 3.05) is 13.7 Å². The number of sulfonamides is 1. The molecule has 2 aliphatic heterocycles. The van der Waals surface area contributed by atoms with E-state index in [1.165, 1.54) is 11.3 Å². The summed E-state index contributed by atoms with van der Waals surface area (Å²) in [4.78, 5) is 39.5. The molecule has 5 atom stereocenters. The highest BCUT2D eigenvalue weighted by Gasteiger charge is 2.61. The fraction of sp³-hybridized carbons (Fsp3) is 0.579. The number of nitrogens with one attached hydrogen (secondary N) is 2. The molecule has 1 aromatic carbocycles. The van der Waals surface area contributed by atoms with Gasteiger partial charge in [0.15, 0.2) is 0 Å². The number of nitrogens with zero attached hydrogens (tertiary/aromatic N) is 3. The van der Waals surface area contributed by atoms with Gasteiger partial charge in [0.05, 0.1) is 35.7 Å². The van der Waals surface area contributed by atoms with Crippen LogP contribution in [0.1, 0.15) is 95.2 Å². The van der Waals surface area contributed by atoms with E-state index in [2.05, 4.69) is 30.0 Å². The van der Waals surface area contributed by atoms with E-state index in [1.54, 1.807) is 12.0 Å². The Kier molecular flexibility index (Phi) is 10.4. The molecule has 3 N–H and O–H groups in total. The van der Waals surface area contributed by atoms with Gasteiger partial charge in [0, 0.05) is 41.2 Å².